The molecule has 1 heterocycles. The van der Waals surface area contributed by atoms with E-state index in [1.165, 1.54) is 4.57 Å². The second-order valence-electron chi connectivity index (χ2n) is 2.79. The van der Waals surface area contributed by atoms with Gasteiger partial charge in [-0.2, -0.15) is 17.0 Å². The highest BCUT2D eigenvalue weighted by atomic mass is 35.5. The summed E-state index contributed by atoms with van der Waals surface area (Å²) in [6.45, 7) is 2.90. The molecule has 0 aliphatic heterocycles. The van der Waals surface area contributed by atoms with Gasteiger partial charge in [-0.05, 0) is 5.75 Å². The van der Waals surface area contributed by atoms with Crippen LogP contribution in [-0.4, -0.2) is 27.7 Å². The van der Waals surface area contributed by atoms with Gasteiger partial charge in [-0.1, -0.05) is 30.1 Å². The zero-order valence-electron chi connectivity index (χ0n) is 8.74. The van der Waals surface area contributed by atoms with E-state index in [-0.39, 0.29) is 22.9 Å². The van der Waals surface area contributed by atoms with Gasteiger partial charge in [-0.3, -0.25) is 4.57 Å². The van der Waals surface area contributed by atoms with Crippen molar-refractivity contribution in [3.05, 3.63) is 16.1 Å². The molecule has 0 atom stereocenters. The number of nitriles is 1. The average molecular weight is 280 g/mol. The van der Waals surface area contributed by atoms with Gasteiger partial charge >= 0.3 is 0 Å². The summed E-state index contributed by atoms with van der Waals surface area (Å²) in [4.78, 5) is 3.79. The van der Waals surface area contributed by atoms with E-state index in [0.717, 1.165) is 11.5 Å². The molecule has 0 saturated carbocycles. The van der Waals surface area contributed by atoms with Gasteiger partial charge in [0, 0.05) is 5.75 Å². The molecule has 88 valence electrons. The minimum atomic E-state index is 0.129. The van der Waals surface area contributed by atoms with Crippen molar-refractivity contribution in [2.75, 3.05) is 18.1 Å². The SMILES string of the molecule is CCSCCOCn1c(C#N)nc(Cl)c1Cl. The monoisotopic (exact) mass is 279 g/mol. The molecule has 0 saturated heterocycles. The lowest BCUT2D eigenvalue weighted by Crippen LogP contribution is -2.07. The molecule has 7 heteroatoms. The summed E-state index contributed by atoms with van der Waals surface area (Å²) in [7, 11) is 0. The predicted molar refractivity (Wildman–Crippen MR) is 65.9 cm³/mol. The topological polar surface area (TPSA) is 50.8 Å². The van der Waals surface area contributed by atoms with Crippen molar-refractivity contribution in [1.29, 1.82) is 5.26 Å². The van der Waals surface area contributed by atoms with Crippen molar-refractivity contribution >= 4 is 35.0 Å². The summed E-state index contributed by atoms with van der Waals surface area (Å²) < 4.78 is 6.81. The maximum absolute atomic E-state index is 8.79. The smallest absolute Gasteiger partial charge is 0.217 e. The predicted octanol–water partition coefficient (Wildman–Crippen LogP) is 2.79. The van der Waals surface area contributed by atoms with Crippen molar-refractivity contribution in [3.8, 4) is 6.07 Å². The fraction of sp³-hybridized carbons (Fsp3) is 0.556. The maximum atomic E-state index is 8.79. The summed E-state index contributed by atoms with van der Waals surface area (Å²) in [5.41, 5.74) is 0. The maximum Gasteiger partial charge on any atom is 0.217 e. The number of hydrogen-bond donors (Lipinski definition) is 0. The molecule has 0 N–H and O–H groups in total. The minimum Gasteiger partial charge on any atom is -0.360 e. The Hall–Kier alpha value is -0.410. The molecule has 1 rings (SSSR count). The van der Waals surface area contributed by atoms with E-state index >= 15 is 0 Å². The van der Waals surface area contributed by atoms with Crippen LogP contribution < -0.4 is 0 Å². The number of thioether (sulfide) groups is 1. The zero-order chi connectivity index (χ0) is 12.0. The Morgan fingerprint density at radius 1 is 1.56 bits per heavy atom. The first-order valence-corrected chi connectivity index (χ1v) is 6.58. The molecule has 4 nitrogen and oxygen atoms in total. The number of hydrogen-bond acceptors (Lipinski definition) is 4. The molecule has 0 bridgehead atoms. The van der Waals surface area contributed by atoms with Crippen LogP contribution in [0.5, 0.6) is 0 Å². The van der Waals surface area contributed by atoms with Crippen LogP contribution in [-0.2, 0) is 11.5 Å². The molecular formula is C9H11Cl2N3OS. The van der Waals surface area contributed by atoms with Gasteiger partial charge in [0.2, 0.25) is 5.82 Å². The molecule has 0 radical (unpaired) electrons. The molecule has 0 aromatic carbocycles. The van der Waals surface area contributed by atoms with Crippen LogP contribution in [0.1, 0.15) is 12.7 Å². The normalized spacial score (nSPS) is 10.4. The molecule has 0 amide bonds. The molecule has 1 aromatic heterocycles. The number of nitrogens with zero attached hydrogens (tertiary/aromatic N) is 3. The number of ether oxygens (including phenoxy) is 1. The van der Waals surface area contributed by atoms with Gasteiger partial charge in [0.15, 0.2) is 10.3 Å². The van der Waals surface area contributed by atoms with E-state index in [0.29, 0.717) is 6.61 Å². The Labute approximate surface area is 108 Å². The van der Waals surface area contributed by atoms with E-state index in [2.05, 4.69) is 11.9 Å². The second kappa shape index (κ2) is 7.02. The first-order chi connectivity index (χ1) is 7.70. The van der Waals surface area contributed by atoms with Gasteiger partial charge < -0.3 is 4.74 Å². The van der Waals surface area contributed by atoms with Crippen molar-refractivity contribution < 1.29 is 4.74 Å². The lowest BCUT2D eigenvalue weighted by atomic mass is 10.7. The molecule has 16 heavy (non-hydrogen) atoms. The van der Waals surface area contributed by atoms with Crippen molar-refractivity contribution in [2.45, 2.75) is 13.7 Å². The molecule has 1 aromatic rings. The Morgan fingerprint density at radius 3 is 2.94 bits per heavy atom. The summed E-state index contributed by atoms with van der Waals surface area (Å²) in [6, 6.07) is 1.91. The molecule has 0 aliphatic carbocycles. The Balaban J connectivity index is 2.50. The number of halogens is 2. The van der Waals surface area contributed by atoms with Crippen molar-refractivity contribution in [1.82, 2.24) is 9.55 Å². The highest BCUT2D eigenvalue weighted by Gasteiger charge is 2.13. The molecule has 0 unspecified atom stereocenters. The molecule has 0 aliphatic rings. The van der Waals surface area contributed by atoms with Crippen LogP contribution >= 0.6 is 35.0 Å². The van der Waals surface area contributed by atoms with E-state index in [1.807, 2.05) is 6.07 Å². The summed E-state index contributed by atoms with van der Waals surface area (Å²) in [5.74, 6) is 2.14. The quantitative estimate of drug-likeness (QED) is 0.752. The Morgan fingerprint density at radius 2 is 2.31 bits per heavy atom. The van der Waals surface area contributed by atoms with Gasteiger partial charge in [0.05, 0.1) is 6.61 Å². The summed E-state index contributed by atoms with van der Waals surface area (Å²) >= 11 is 13.4. The van der Waals surface area contributed by atoms with Gasteiger partial charge in [0.25, 0.3) is 0 Å². The van der Waals surface area contributed by atoms with Crippen LogP contribution in [0, 0.1) is 11.3 Å². The third-order valence-corrected chi connectivity index (χ3v) is 3.37. The standard InChI is InChI=1S/C9H11Cl2N3OS/c1-2-16-4-3-15-6-14-7(5-12)13-8(10)9(14)11/h2-4,6H2,1H3. The van der Waals surface area contributed by atoms with E-state index in [9.17, 15) is 0 Å². The Kier molecular flexibility index (Phi) is 5.99. The number of imidazole rings is 1. The van der Waals surface area contributed by atoms with Crippen molar-refractivity contribution in [3.63, 3.8) is 0 Å². The summed E-state index contributed by atoms with van der Waals surface area (Å²) in [5, 5.41) is 9.15. The zero-order valence-corrected chi connectivity index (χ0v) is 11.1. The number of aromatic nitrogens is 2. The second-order valence-corrected chi connectivity index (χ2v) is 4.90. The van der Waals surface area contributed by atoms with Crippen LogP contribution in [0.3, 0.4) is 0 Å². The third-order valence-electron chi connectivity index (χ3n) is 1.76. The lowest BCUT2D eigenvalue weighted by molar-refractivity contribution is 0.0894. The van der Waals surface area contributed by atoms with Crippen molar-refractivity contribution in [2.24, 2.45) is 0 Å². The van der Waals surface area contributed by atoms with Crippen LogP contribution in [0.2, 0.25) is 10.3 Å². The van der Waals surface area contributed by atoms with Gasteiger partial charge in [0.1, 0.15) is 12.8 Å². The lowest BCUT2D eigenvalue weighted by Gasteiger charge is -2.06. The number of rotatable bonds is 6. The molecular weight excluding hydrogens is 269 g/mol. The molecule has 0 fully saturated rings. The van der Waals surface area contributed by atoms with E-state index in [4.69, 9.17) is 33.2 Å². The molecule has 0 spiro atoms. The third kappa shape index (κ3) is 3.56. The fourth-order valence-corrected chi connectivity index (χ4v) is 1.90. The highest BCUT2D eigenvalue weighted by molar-refractivity contribution is 7.99. The van der Waals surface area contributed by atoms with Gasteiger partial charge in [-0.25, -0.2) is 4.98 Å². The largest absolute Gasteiger partial charge is 0.360 e. The summed E-state index contributed by atoms with van der Waals surface area (Å²) in [6.07, 6.45) is 0. The Bertz CT molecular complexity index is 389. The first-order valence-electron chi connectivity index (χ1n) is 4.67. The minimum absolute atomic E-state index is 0.129. The van der Waals surface area contributed by atoms with Crippen LogP contribution in [0.4, 0.5) is 0 Å². The van der Waals surface area contributed by atoms with E-state index < -0.39 is 0 Å². The van der Waals surface area contributed by atoms with Crippen LogP contribution in [0.25, 0.3) is 0 Å². The van der Waals surface area contributed by atoms with Crippen LogP contribution in [0.15, 0.2) is 0 Å². The highest BCUT2D eigenvalue weighted by Crippen LogP contribution is 2.22. The first kappa shape index (κ1) is 13.7. The van der Waals surface area contributed by atoms with E-state index in [1.54, 1.807) is 11.8 Å². The fourth-order valence-electron chi connectivity index (χ4n) is 1.03. The van der Waals surface area contributed by atoms with Gasteiger partial charge in [-0.15, -0.1) is 0 Å². The average Bonchev–Trinajstić information content (AvgIpc) is 2.56.